The second-order valence-electron chi connectivity index (χ2n) is 4.45. The molecule has 0 radical (unpaired) electrons. The molecule has 1 aliphatic carbocycles. The third-order valence-electron chi connectivity index (χ3n) is 3.22. The summed E-state index contributed by atoms with van der Waals surface area (Å²) in [5, 5.41) is 16.1. The van der Waals surface area contributed by atoms with Gasteiger partial charge in [0, 0.05) is 6.04 Å². The lowest BCUT2D eigenvalue weighted by Crippen LogP contribution is -2.41. The van der Waals surface area contributed by atoms with Crippen molar-refractivity contribution in [3.8, 4) is 0 Å². The summed E-state index contributed by atoms with van der Waals surface area (Å²) in [5.41, 5.74) is 6.02. The Bertz CT molecular complexity index is 352. The van der Waals surface area contributed by atoms with Gasteiger partial charge in [0.25, 0.3) is 0 Å². The van der Waals surface area contributed by atoms with E-state index in [1.165, 1.54) is 6.42 Å². The van der Waals surface area contributed by atoms with E-state index in [2.05, 4.69) is 25.9 Å². The van der Waals surface area contributed by atoms with E-state index in [1.54, 1.807) is 0 Å². The number of aromatic amines is 1. The minimum atomic E-state index is -0.0793. The van der Waals surface area contributed by atoms with Crippen molar-refractivity contribution in [2.45, 2.75) is 44.7 Å². The van der Waals surface area contributed by atoms with Crippen LogP contribution in [0.1, 0.15) is 37.9 Å². The number of rotatable bonds is 3. The van der Waals surface area contributed by atoms with Crippen molar-refractivity contribution in [3.05, 3.63) is 5.82 Å². The molecular formula is C10H18N6O. The van der Waals surface area contributed by atoms with Crippen molar-refractivity contribution in [3.63, 3.8) is 0 Å². The molecule has 1 aromatic heterocycles. The van der Waals surface area contributed by atoms with E-state index in [0.717, 1.165) is 25.7 Å². The number of nitrogens with zero attached hydrogens (tertiary/aromatic N) is 3. The SMILES string of the molecule is NC1CCCCCC1C(=O)NCc1nn[nH]n1. The van der Waals surface area contributed by atoms with Gasteiger partial charge in [-0.05, 0) is 12.8 Å². The van der Waals surface area contributed by atoms with Crippen molar-refractivity contribution < 1.29 is 4.79 Å². The molecule has 1 aromatic rings. The van der Waals surface area contributed by atoms with E-state index in [9.17, 15) is 4.79 Å². The van der Waals surface area contributed by atoms with Gasteiger partial charge in [-0.15, -0.1) is 10.2 Å². The lowest BCUT2D eigenvalue weighted by molar-refractivity contribution is -0.126. The Morgan fingerprint density at radius 3 is 3.00 bits per heavy atom. The van der Waals surface area contributed by atoms with Gasteiger partial charge in [-0.3, -0.25) is 4.79 Å². The maximum Gasteiger partial charge on any atom is 0.225 e. The van der Waals surface area contributed by atoms with Crippen LogP contribution >= 0.6 is 0 Å². The van der Waals surface area contributed by atoms with Crippen LogP contribution in [0.15, 0.2) is 0 Å². The lowest BCUT2D eigenvalue weighted by atomic mass is 9.94. The summed E-state index contributed by atoms with van der Waals surface area (Å²) in [6.07, 6.45) is 5.17. The smallest absolute Gasteiger partial charge is 0.225 e. The van der Waals surface area contributed by atoms with Gasteiger partial charge in [0.05, 0.1) is 12.5 Å². The van der Waals surface area contributed by atoms with Gasteiger partial charge >= 0.3 is 0 Å². The summed E-state index contributed by atoms with van der Waals surface area (Å²) in [4.78, 5) is 12.0. The van der Waals surface area contributed by atoms with Crippen molar-refractivity contribution >= 4 is 5.91 Å². The van der Waals surface area contributed by atoms with Gasteiger partial charge in [0.15, 0.2) is 5.82 Å². The van der Waals surface area contributed by atoms with E-state index in [-0.39, 0.29) is 17.9 Å². The summed E-state index contributed by atoms with van der Waals surface area (Å²) in [6.45, 7) is 0.304. The molecule has 1 fully saturated rings. The van der Waals surface area contributed by atoms with Crippen LogP contribution < -0.4 is 11.1 Å². The first-order chi connectivity index (χ1) is 8.27. The fourth-order valence-corrected chi connectivity index (χ4v) is 2.22. The van der Waals surface area contributed by atoms with Crippen LogP contribution in [0.4, 0.5) is 0 Å². The molecule has 0 saturated heterocycles. The summed E-state index contributed by atoms with van der Waals surface area (Å²) < 4.78 is 0. The molecule has 0 aliphatic heterocycles. The first-order valence-corrected chi connectivity index (χ1v) is 6.03. The molecule has 1 heterocycles. The summed E-state index contributed by atoms with van der Waals surface area (Å²) in [5.74, 6) is 0.411. The highest BCUT2D eigenvalue weighted by atomic mass is 16.1. The molecule has 1 saturated carbocycles. The summed E-state index contributed by atoms with van der Waals surface area (Å²) in [6, 6.07) is -0.0252. The van der Waals surface area contributed by atoms with Gasteiger partial charge in [0.2, 0.25) is 5.91 Å². The molecule has 7 heteroatoms. The van der Waals surface area contributed by atoms with Crippen LogP contribution in [0.25, 0.3) is 0 Å². The van der Waals surface area contributed by atoms with Crippen molar-refractivity contribution in [1.29, 1.82) is 0 Å². The molecule has 1 amide bonds. The molecule has 0 aromatic carbocycles. The molecule has 0 bridgehead atoms. The molecule has 2 unspecified atom stereocenters. The molecule has 0 spiro atoms. The van der Waals surface area contributed by atoms with Crippen LogP contribution in [0.5, 0.6) is 0 Å². The van der Waals surface area contributed by atoms with Crippen LogP contribution in [0, 0.1) is 5.92 Å². The zero-order valence-electron chi connectivity index (χ0n) is 9.72. The third-order valence-corrected chi connectivity index (χ3v) is 3.22. The van der Waals surface area contributed by atoms with E-state index < -0.39 is 0 Å². The first-order valence-electron chi connectivity index (χ1n) is 6.03. The van der Waals surface area contributed by atoms with Gasteiger partial charge in [-0.25, -0.2) is 0 Å². The monoisotopic (exact) mass is 238 g/mol. The average molecular weight is 238 g/mol. The van der Waals surface area contributed by atoms with E-state index in [4.69, 9.17) is 5.73 Å². The Labute approximate surface area is 99.5 Å². The van der Waals surface area contributed by atoms with Gasteiger partial charge in [0.1, 0.15) is 0 Å². The van der Waals surface area contributed by atoms with E-state index in [0.29, 0.717) is 12.4 Å². The van der Waals surface area contributed by atoms with Gasteiger partial charge < -0.3 is 11.1 Å². The second-order valence-corrected chi connectivity index (χ2v) is 4.45. The Kier molecular flexibility index (Phi) is 4.03. The number of H-pyrrole nitrogens is 1. The largest absolute Gasteiger partial charge is 0.348 e. The average Bonchev–Trinajstić information content (AvgIpc) is 2.75. The molecule has 1 aliphatic rings. The minimum absolute atomic E-state index is 0.00389. The van der Waals surface area contributed by atoms with Gasteiger partial charge in [-0.2, -0.15) is 5.21 Å². The third kappa shape index (κ3) is 3.23. The molecule has 2 atom stereocenters. The van der Waals surface area contributed by atoms with Crippen molar-refractivity contribution in [1.82, 2.24) is 25.9 Å². The fourth-order valence-electron chi connectivity index (χ4n) is 2.22. The number of carbonyl (C=O) groups excluding carboxylic acids is 1. The minimum Gasteiger partial charge on any atom is -0.348 e. The van der Waals surface area contributed by atoms with Crippen LogP contribution in [0.2, 0.25) is 0 Å². The highest BCUT2D eigenvalue weighted by Gasteiger charge is 2.26. The Morgan fingerprint density at radius 2 is 2.24 bits per heavy atom. The van der Waals surface area contributed by atoms with Crippen LogP contribution in [-0.4, -0.2) is 32.6 Å². The number of hydrogen-bond donors (Lipinski definition) is 3. The number of carbonyl (C=O) groups is 1. The highest BCUT2D eigenvalue weighted by molar-refractivity contribution is 5.79. The zero-order chi connectivity index (χ0) is 12.1. The predicted octanol–water partition coefficient (Wildman–Crippen LogP) is -0.277. The number of hydrogen-bond acceptors (Lipinski definition) is 5. The summed E-state index contributed by atoms with van der Waals surface area (Å²) >= 11 is 0. The lowest BCUT2D eigenvalue weighted by Gasteiger charge is -2.19. The maximum absolute atomic E-state index is 12.0. The Balaban J connectivity index is 1.85. The number of nitrogens with two attached hydrogens (primary N) is 1. The summed E-state index contributed by atoms with van der Waals surface area (Å²) in [7, 11) is 0. The van der Waals surface area contributed by atoms with Crippen molar-refractivity contribution in [2.24, 2.45) is 11.7 Å². The quantitative estimate of drug-likeness (QED) is 0.627. The van der Waals surface area contributed by atoms with Crippen LogP contribution in [0.3, 0.4) is 0 Å². The normalized spacial score (nSPS) is 25.2. The highest BCUT2D eigenvalue weighted by Crippen LogP contribution is 2.22. The first kappa shape index (κ1) is 12.0. The molecule has 17 heavy (non-hydrogen) atoms. The topological polar surface area (TPSA) is 110 Å². The maximum atomic E-state index is 12.0. The standard InChI is InChI=1S/C10H18N6O/c11-8-5-3-1-2-4-7(8)10(17)12-6-9-13-15-16-14-9/h7-8H,1-6,11H2,(H,12,17)(H,13,14,15,16). The van der Waals surface area contributed by atoms with E-state index >= 15 is 0 Å². The Morgan fingerprint density at radius 1 is 1.41 bits per heavy atom. The van der Waals surface area contributed by atoms with Gasteiger partial charge in [-0.1, -0.05) is 24.5 Å². The van der Waals surface area contributed by atoms with E-state index in [1.807, 2.05) is 0 Å². The Hall–Kier alpha value is -1.50. The second kappa shape index (κ2) is 5.72. The fraction of sp³-hybridized carbons (Fsp3) is 0.800. The van der Waals surface area contributed by atoms with Crippen LogP contribution in [-0.2, 0) is 11.3 Å². The number of aromatic nitrogens is 4. The predicted molar refractivity (Wildman–Crippen MR) is 60.6 cm³/mol. The molecule has 2 rings (SSSR count). The number of nitrogens with one attached hydrogen (secondary N) is 2. The molecule has 7 nitrogen and oxygen atoms in total. The number of amides is 1. The molecule has 4 N–H and O–H groups in total. The number of tetrazole rings is 1. The molecular weight excluding hydrogens is 220 g/mol. The zero-order valence-corrected chi connectivity index (χ0v) is 9.72. The molecule has 94 valence electrons. The van der Waals surface area contributed by atoms with Crippen molar-refractivity contribution in [2.75, 3.05) is 0 Å².